The monoisotopic (exact) mass is 320 g/mol. The maximum Gasteiger partial charge on any atom is 0.260 e. The van der Waals surface area contributed by atoms with Crippen molar-refractivity contribution in [2.24, 2.45) is 5.73 Å². The van der Waals surface area contributed by atoms with Crippen molar-refractivity contribution in [3.05, 3.63) is 29.8 Å². The lowest BCUT2D eigenvalue weighted by molar-refractivity contribution is -0.141. The number of carbonyl (C=O) groups excluding carboxylic acids is 2. The summed E-state index contributed by atoms with van der Waals surface area (Å²) in [5.74, 6) is 0.605. The summed E-state index contributed by atoms with van der Waals surface area (Å²) in [6.07, 6.45) is 1.23. The van der Waals surface area contributed by atoms with Crippen molar-refractivity contribution in [1.82, 2.24) is 4.90 Å². The summed E-state index contributed by atoms with van der Waals surface area (Å²) in [5, 5.41) is 0. The van der Waals surface area contributed by atoms with Crippen LogP contribution >= 0.6 is 0 Å². The van der Waals surface area contributed by atoms with E-state index in [1.807, 2.05) is 6.92 Å². The molecule has 1 aliphatic heterocycles. The Morgan fingerprint density at radius 1 is 1.35 bits per heavy atom. The number of nitrogens with two attached hydrogens (primary N) is 1. The molecular formula is C17H24N2O4. The molecule has 0 unspecified atom stereocenters. The van der Waals surface area contributed by atoms with Crippen LogP contribution in [0.5, 0.6) is 5.75 Å². The number of ketones is 1. The highest BCUT2D eigenvalue weighted by Gasteiger charge is 2.23. The molecule has 0 saturated carbocycles. The number of Topliss-reactive ketones (excluding diaryl/α,β-unsaturated/α-hetero) is 1. The van der Waals surface area contributed by atoms with Crippen molar-refractivity contribution in [2.75, 3.05) is 32.8 Å². The van der Waals surface area contributed by atoms with Gasteiger partial charge >= 0.3 is 0 Å². The topological polar surface area (TPSA) is 81.9 Å². The fourth-order valence-electron chi connectivity index (χ4n) is 2.48. The molecule has 0 radical (unpaired) electrons. The smallest absolute Gasteiger partial charge is 0.260 e. The van der Waals surface area contributed by atoms with Crippen LogP contribution < -0.4 is 10.5 Å². The van der Waals surface area contributed by atoms with E-state index in [1.165, 1.54) is 0 Å². The molecule has 1 heterocycles. The van der Waals surface area contributed by atoms with Gasteiger partial charge in [0.15, 0.2) is 12.4 Å². The summed E-state index contributed by atoms with van der Waals surface area (Å²) >= 11 is 0. The average Bonchev–Trinajstić information content (AvgIpc) is 2.60. The molecule has 1 atom stereocenters. The Bertz CT molecular complexity index is 528. The summed E-state index contributed by atoms with van der Waals surface area (Å²) in [4.78, 5) is 25.5. The summed E-state index contributed by atoms with van der Waals surface area (Å²) in [6.45, 7) is 4.02. The van der Waals surface area contributed by atoms with Crippen LogP contribution in [0.4, 0.5) is 0 Å². The lowest BCUT2D eigenvalue weighted by Crippen LogP contribution is -2.47. The maximum absolute atomic E-state index is 12.2. The van der Waals surface area contributed by atoms with E-state index in [4.69, 9.17) is 15.2 Å². The third-order valence-corrected chi connectivity index (χ3v) is 3.84. The van der Waals surface area contributed by atoms with Gasteiger partial charge in [-0.15, -0.1) is 0 Å². The van der Waals surface area contributed by atoms with Crippen molar-refractivity contribution >= 4 is 11.7 Å². The molecule has 6 heteroatoms. The number of carbonyl (C=O) groups is 2. The van der Waals surface area contributed by atoms with Gasteiger partial charge in [-0.2, -0.15) is 0 Å². The van der Waals surface area contributed by atoms with Gasteiger partial charge in [-0.25, -0.2) is 0 Å². The molecule has 23 heavy (non-hydrogen) atoms. The lowest BCUT2D eigenvalue weighted by atomic mass is 10.1. The fourth-order valence-corrected chi connectivity index (χ4v) is 2.48. The Morgan fingerprint density at radius 3 is 2.74 bits per heavy atom. The summed E-state index contributed by atoms with van der Waals surface area (Å²) in [6, 6.07) is 6.87. The molecule has 2 rings (SSSR count). The third kappa shape index (κ3) is 5.04. The van der Waals surface area contributed by atoms with Crippen molar-refractivity contribution in [3.63, 3.8) is 0 Å². The molecule has 1 aromatic carbocycles. The van der Waals surface area contributed by atoms with Crippen LogP contribution in [0, 0.1) is 0 Å². The zero-order valence-corrected chi connectivity index (χ0v) is 13.5. The minimum absolute atomic E-state index is 0.0111. The first-order valence-electron chi connectivity index (χ1n) is 7.99. The largest absolute Gasteiger partial charge is 0.484 e. The highest BCUT2D eigenvalue weighted by atomic mass is 16.5. The van der Waals surface area contributed by atoms with Gasteiger partial charge in [-0.3, -0.25) is 9.59 Å². The molecule has 2 N–H and O–H groups in total. The summed E-state index contributed by atoms with van der Waals surface area (Å²) < 4.78 is 11.1. The van der Waals surface area contributed by atoms with Crippen LogP contribution in [0.15, 0.2) is 24.3 Å². The number of benzene rings is 1. The highest BCUT2D eigenvalue weighted by molar-refractivity contribution is 5.95. The van der Waals surface area contributed by atoms with E-state index in [2.05, 4.69) is 0 Å². The van der Waals surface area contributed by atoms with Crippen LogP contribution in [0.3, 0.4) is 0 Å². The molecule has 126 valence electrons. The predicted molar refractivity (Wildman–Crippen MR) is 86.5 cm³/mol. The van der Waals surface area contributed by atoms with Gasteiger partial charge in [0.2, 0.25) is 0 Å². The van der Waals surface area contributed by atoms with Gasteiger partial charge in [0.05, 0.1) is 12.7 Å². The number of hydrogen-bond acceptors (Lipinski definition) is 5. The number of ether oxygens (including phenoxy) is 2. The normalized spacial score (nSPS) is 17.8. The van der Waals surface area contributed by atoms with E-state index in [9.17, 15) is 9.59 Å². The minimum Gasteiger partial charge on any atom is -0.484 e. The van der Waals surface area contributed by atoms with Gasteiger partial charge in [0.1, 0.15) is 5.75 Å². The Morgan fingerprint density at radius 2 is 2.09 bits per heavy atom. The van der Waals surface area contributed by atoms with E-state index in [0.717, 1.165) is 6.42 Å². The molecule has 0 bridgehead atoms. The van der Waals surface area contributed by atoms with E-state index < -0.39 is 0 Å². The minimum atomic E-state index is -0.0657. The highest BCUT2D eigenvalue weighted by Crippen LogP contribution is 2.14. The number of morpholine rings is 1. The van der Waals surface area contributed by atoms with E-state index in [1.54, 1.807) is 29.2 Å². The van der Waals surface area contributed by atoms with Crippen LogP contribution in [0.1, 0.15) is 30.1 Å². The van der Waals surface area contributed by atoms with Crippen LogP contribution in [0.2, 0.25) is 0 Å². The summed E-state index contributed by atoms with van der Waals surface area (Å²) in [5.41, 5.74) is 6.18. The second kappa shape index (κ2) is 8.64. The van der Waals surface area contributed by atoms with Crippen molar-refractivity contribution in [2.45, 2.75) is 25.9 Å². The SMILES string of the molecule is CCC(=O)c1ccc(OCC(=O)N2CCO[C@H](CCN)C2)cc1. The zero-order chi connectivity index (χ0) is 16.7. The summed E-state index contributed by atoms with van der Waals surface area (Å²) in [7, 11) is 0. The van der Waals surface area contributed by atoms with Crippen LogP contribution in [-0.2, 0) is 9.53 Å². The standard InChI is InChI=1S/C17H24N2O4/c1-2-16(20)13-3-5-14(6-4-13)23-12-17(21)19-9-10-22-15(11-19)7-8-18/h3-6,15H,2,7-12,18H2,1H3/t15-/m1/s1. The maximum atomic E-state index is 12.2. The van der Waals surface area contributed by atoms with Gasteiger partial charge in [-0.1, -0.05) is 6.92 Å². The Labute approximate surface area is 136 Å². The Kier molecular flexibility index (Phi) is 6.55. The number of rotatable bonds is 7. The van der Waals surface area contributed by atoms with Crippen molar-refractivity contribution in [3.8, 4) is 5.75 Å². The van der Waals surface area contributed by atoms with Crippen molar-refractivity contribution in [1.29, 1.82) is 0 Å². The van der Waals surface area contributed by atoms with Gasteiger partial charge < -0.3 is 20.1 Å². The first-order valence-corrected chi connectivity index (χ1v) is 7.99. The second-order valence-electron chi connectivity index (χ2n) is 5.50. The number of amides is 1. The molecule has 1 saturated heterocycles. The van der Waals surface area contributed by atoms with E-state index in [-0.39, 0.29) is 24.4 Å². The molecule has 0 spiro atoms. The lowest BCUT2D eigenvalue weighted by Gasteiger charge is -2.32. The molecule has 6 nitrogen and oxygen atoms in total. The number of nitrogens with zero attached hydrogens (tertiary/aromatic N) is 1. The van der Waals surface area contributed by atoms with Crippen LogP contribution in [-0.4, -0.2) is 55.5 Å². The van der Waals surface area contributed by atoms with Gasteiger partial charge in [0, 0.05) is 25.1 Å². The first kappa shape index (κ1) is 17.4. The molecular weight excluding hydrogens is 296 g/mol. The van der Waals surface area contributed by atoms with E-state index in [0.29, 0.717) is 44.0 Å². The second-order valence-corrected chi connectivity index (χ2v) is 5.50. The molecule has 1 fully saturated rings. The Balaban J connectivity index is 1.83. The quantitative estimate of drug-likeness (QED) is 0.764. The first-order chi connectivity index (χ1) is 11.1. The molecule has 1 amide bonds. The van der Waals surface area contributed by atoms with Gasteiger partial charge in [0.25, 0.3) is 5.91 Å². The zero-order valence-electron chi connectivity index (χ0n) is 13.5. The fraction of sp³-hybridized carbons (Fsp3) is 0.529. The van der Waals surface area contributed by atoms with Gasteiger partial charge in [-0.05, 0) is 37.2 Å². The predicted octanol–water partition coefficient (Wildman–Crippen LogP) is 1.23. The van der Waals surface area contributed by atoms with Crippen molar-refractivity contribution < 1.29 is 19.1 Å². The molecule has 0 aliphatic carbocycles. The number of hydrogen-bond donors (Lipinski definition) is 1. The third-order valence-electron chi connectivity index (χ3n) is 3.84. The van der Waals surface area contributed by atoms with E-state index >= 15 is 0 Å². The molecule has 0 aromatic heterocycles. The average molecular weight is 320 g/mol. The van der Waals surface area contributed by atoms with Crippen LogP contribution in [0.25, 0.3) is 0 Å². The Hall–Kier alpha value is -1.92. The molecule has 1 aromatic rings. The molecule has 1 aliphatic rings.